The molecule has 32 heavy (non-hydrogen) atoms. The highest BCUT2D eigenvalue weighted by atomic mass is 16.6. The summed E-state index contributed by atoms with van der Waals surface area (Å²) in [6.07, 6.45) is 1.66. The lowest BCUT2D eigenvalue weighted by Gasteiger charge is -2.16. The van der Waals surface area contributed by atoms with Gasteiger partial charge < -0.3 is 23.8 Å². The SMILES string of the molecule is COc1cc(CCCOC(=O)[C@@H]2CCN(C(=O)OCc3ccccc3)C2)cc(C)c1OC. The van der Waals surface area contributed by atoms with Crippen LogP contribution in [0, 0.1) is 12.8 Å². The molecule has 1 saturated heterocycles. The molecule has 172 valence electrons. The average Bonchev–Trinajstić information content (AvgIpc) is 3.31. The van der Waals surface area contributed by atoms with E-state index in [1.807, 2.05) is 43.3 Å². The third-order valence-corrected chi connectivity index (χ3v) is 5.56. The molecule has 1 heterocycles. The quantitative estimate of drug-likeness (QED) is 0.430. The molecule has 0 saturated carbocycles. The number of likely N-dealkylation sites (tertiary alicyclic amines) is 1. The number of esters is 1. The Kier molecular flexibility index (Phi) is 8.36. The molecule has 0 N–H and O–H groups in total. The summed E-state index contributed by atoms with van der Waals surface area (Å²) in [5.41, 5.74) is 3.04. The van der Waals surface area contributed by atoms with Gasteiger partial charge in [0.2, 0.25) is 0 Å². The van der Waals surface area contributed by atoms with E-state index in [0.717, 1.165) is 28.9 Å². The van der Waals surface area contributed by atoms with Crippen molar-refractivity contribution >= 4 is 12.1 Å². The first-order valence-corrected chi connectivity index (χ1v) is 10.9. The number of amides is 1. The second-order valence-electron chi connectivity index (χ2n) is 7.89. The second kappa shape index (κ2) is 11.4. The normalized spacial score (nSPS) is 15.3. The Labute approximate surface area is 189 Å². The fraction of sp³-hybridized carbons (Fsp3) is 0.440. The van der Waals surface area contributed by atoms with Crippen LogP contribution in [0.2, 0.25) is 0 Å². The van der Waals surface area contributed by atoms with Crippen molar-refractivity contribution in [3.05, 3.63) is 59.2 Å². The van der Waals surface area contributed by atoms with E-state index in [1.165, 1.54) is 0 Å². The van der Waals surface area contributed by atoms with Gasteiger partial charge in [0.05, 0.1) is 26.7 Å². The van der Waals surface area contributed by atoms with E-state index >= 15 is 0 Å². The van der Waals surface area contributed by atoms with Gasteiger partial charge in [-0.2, -0.15) is 0 Å². The van der Waals surface area contributed by atoms with Crippen LogP contribution in [0.25, 0.3) is 0 Å². The molecule has 0 aromatic heterocycles. The van der Waals surface area contributed by atoms with Crippen LogP contribution in [0.4, 0.5) is 4.79 Å². The molecular formula is C25H31NO6. The monoisotopic (exact) mass is 441 g/mol. The lowest BCUT2D eigenvalue weighted by molar-refractivity contribution is -0.148. The van der Waals surface area contributed by atoms with Gasteiger partial charge in [0.25, 0.3) is 0 Å². The maximum atomic E-state index is 12.4. The molecule has 2 aromatic carbocycles. The highest BCUT2D eigenvalue weighted by Crippen LogP contribution is 2.32. The Morgan fingerprint density at radius 2 is 1.81 bits per heavy atom. The van der Waals surface area contributed by atoms with Crippen molar-refractivity contribution in [2.24, 2.45) is 5.92 Å². The number of rotatable bonds is 9. The van der Waals surface area contributed by atoms with Crippen molar-refractivity contribution in [3.8, 4) is 11.5 Å². The molecule has 0 bridgehead atoms. The smallest absolute Gasteiger partial charge is 0.410 e. The molecule has 1 amide bonds. The van der Waals surface area contributed by atoms with Crippen LogP contribution in [0.3, 0.4) is 0 Å². The van der Waals surface area contributed by atoms with Gasteiger partial charge in [-0.3, -0.25) is 4.79 Å². The Morgan fingerprint density at radius 3 is 2.53 bits per heavy atom. The summed E-state index contributed by atoms with van der Waals surface area (Å²) in [4.78, 5) is 26.2. The van der Waals surface area contributed by atoms with Gasteiger partial charge in [0, 0.05) is 13.1 Å². The van der Waals surface area contributed by atoms with Gasteiger partial charge in [-0.15, -0.1) is 0 Å². The van der Waals surface area contributed by atoms with Crippen LogP contribution in [-0.2, 0) is 27.3 Å². The largest absolute Gasteiger partial charge is 0.493 e. The fourth-order valence-corrected chi connectivity index (χ4v) is 3.87. The summed E-state index contributed by atoms with van der Waals surface area (Å²) < 4.78 is 21.6. The standard InChI is InChI=1S/C25H31NO6/c1-18-14-20(15-22(29-2)23(18)30-3)10-7-13-31-24(27)21-11-12-26(16-21)25(28)32-17-19-8-5-4-6-9-19/h4-6,8-9,14-15,21H,7,10-13,16-17H2,1-3H3/t21-/m1/s1. The molecule has 2 aromatic rings. The number of carbonyl (C=O) groups excluding carboxylic acids is 2. The second-order valence-corrected chi connectivity index (χ2v) is 7.89. The van der Waals surface area contributed by atoms with Crippen LogP contribution in [0.15, 0.2) is 42.5 Å². The number of hydrogen-bond donors (Lipinski definition) is 0. The van der Waals surface area contributed by atoms with E-state index in [1.54, 1.807) is 19.1 Å². The zero-order chi connectivity index (χ0) is 22.9. The highest BCUT2D eigenvalue weighted by molar-refractivity contribution is 5.75. The Hall–Kier alpha value is -3.22. The van der Waals surface area contributed by atoms with Crippen LogP contribution >= 0.6 is 0 Å². The molecule has 0 unspecified atom stereocenters. The van der Waals surface area contributed by atoms with Gasteiger partial charge in [-0.1, -0.05) is 36.4 Å². The number of nitrogens with zero attached hydrogens (tertiary/aromatic N) is 1. The van der Waals surface area contributed by atoms with Crippen LogP contribution in [-0.4, -0.2) is 50.9 Å². The first-order valence-electron chi connectivity index (χ1n) is 10.9. The Bertz CT molecular complexity index is 914. The Morgan fingerprint density at radius 1 is 1.03 bits per heavy atom. The van der Waals surface area contributed by atoms with E-state index in [9.17, 15) is 9.59 Å². The summed E-state index contributed by atoms with van der Waals surface area (Å²) >= 11 is 0. The van der Waals surface area contributed by atoms with E-state index in [4.69, 9.17) is 18.9 Å². The minimum Gasteiger partial charge on any atom is -0.493 e. The number of ether oxygens (including phenoxy) is 4. The van der Waals surface area contributed by atoms with Crippen molar-refractivity contribution in [2.45, 2.75) is 32.8 Å². The first-order chi connectivity index (χ1) is 15.5. The number of aryl methyl sites for hydroxylation is 2. The molecular weight excluding hydrogens is 410 g/mol. The predicted molar refractivity (Wildman–Crippen MR) is 120 cm³/mol. The minimum absolute atomic E-state index is 0.223. The molecule has 7 heteroatoms. The van der Waals surface area contributed by atoms with Gasteiger partial charge in [-0.05, 0) is 48.9 Å². The van der Waals surface area contributed by atoms with Crippen LogP contribution in [0.1, 0.15) is 29.5 Å². The van der Waals surface area contributed by atoms with Crippen molar-refractivity contribution in [1.29, 1.82) is 0 Å². The molecule has 1 aliphatic heterocycles. The summed E-state index contributed by atoms with van der Waals surface area (Å²) in [6, 6.07) is 13.5. The summed E-state index contributed by atoms with van der Waals surface area (Å²) in [7, 11) is 3.24. The third-order valence-electron chi connectivity index (χ3n) is 5.56. The molecule has 1 fully saturated rings. The lowest BCUT2D eigenvalue weighted by atomic mass is 10.1. The average molecular weight is 442 g/mol. The topological polar surface area (TPSA) is 74.3 Å². The maximum absolute atomic E-state index is 12.4. The molecule has 7 nitrogen and oxygen atoms in total. The van der Waals surface area contributed by atoms with Gasteiger partial charge in [0.15, 0.2) is 11.5 Å². The number of methoxy groups -OCH3 is 2. The zero-order valence-corrected chi connectivity index (χ0v) is 19.0. The molecule has 1 atom stereocenters. The summed E-state index contributed by atoms with van der Waals surface area (Å²) in [5, 5.41) is 0. The third kappa shape index (κ3) is 6.15. The number of benzene rings is 2. The van der Waals surface area contributed by atoms with E-state index in [-0.39, 0.29) is 18.5 Å². The van der Waals surface area contributed by atoms with Gasteiger partial charge >= 0.3 is 12.1 Å². The molecule has 1 aliphatic rings. The van der Waals surface area contributed by atoms with Crippen molar-refractivity contribution < 1.29 is 28.5 Å². The van der Waals surface area contributed by atoms with E-state index in [0.29, 0.717) is 38.3 Å². The van der Waals surface area contributed by atoms with E-state index in [2.05, 4.69) is 6.07 Å². The molecule has 0 aliphatic carbocycles. The van der Waals surface area contributed by atoms with Crippen molar-refractivity contribution in [1.82, 2.24) is 4.90 Å². The zero-order valence-electron chi connectivity index (χ0n) is 19.0. The maximum Gasteiger partial charge on any atom is 0.410 e. The molecule has 0 radical (unpaired) electrons. The van der Waals surface area contributed by atoms with Crippen molar-refractivity contribution in [2.75, 3.05) is 33.9 Å². The minimum atomic E-state index is -0.395. The molecule has 0 spiro atoms. The summed E-state index contributed by atoms with van der Waals surface area (Å²) in [5.74, 6) is 0.870. The van der Waals surface area contributed by atoms with E-state index < -0.39 is 6.09 Å². The summed E-state index contributed by atoms with van der Waals surface area (Å²) in [6.45, 7) is 3.36. The van der Waals surface area contributed by atoms with Crippen LogP contribution < -0.4 is 9.47 Å². The number of hydrogen-bond acceptors (Lipinski definition) is 6. The van der Waals surface area contributed by atoms with Gasteiger partial charge in [-0.25, -0.2) is 4.79 Å². The number of carbonyl (C=O) groups is 2. The van der Waals surface area contributed by atoms with Gasteiger partial charge in [0.1, 0.15) is 6.61 Å². The van der Waals surface area contributed by atoms with Crippen molar-refractivity contribution in [3.63, 3.8) is 0 Å². The Balaban J connectivity index is 1.38. The van der Waals surface area contributed by atoms with Crippen LogP contribution in [0.5, 0.6) is 11.5 Å². The predicted octanol–water partition coefficient (Wildman–Crippen LogP) is 4.15. The lowest BCUT2D eigenvalue weighted by Crippen LogP contribution is -2.31. The fourth-order valence-electron chi connectivity index (χ4n) is 3.87. The highest BCUT2D eigenvalue weighted by Gasteiger charge is 2.32. The molecule has 3 rings (SSSR count). The first kappa shape index (κ1) is 23.4.